The van der Waals surface area contributed by atoms with E-state index in [9.17, 15) is 9.18 Å². The van der Waals surface area contributed by atoms with Crippen LogP contribution in [-0.4, -0.2) is 40.0 Å². The summed E-state index contributed by atoms with van der Waals surface area (Å²) in [5.74, 6) is 0.325. The minimum Gasteiger partial charge on any atom is -0.352 e. The van der Waals surface area contributed by atoms with Crippen molar-refractivity contribution < 1.29 is 14.1 Å². The first-order chi connectivity index (χ1) is 15.2. The largest absolute Gasteiger partial charge is 0.352 e. The molecule has 3 saturated heterocycles. The fourth-order valence-electron chi connectivity index (χ4n) is 5.10. The van der Waals surface area contributed by atoms with Crippen molar-refractivity contribution in [2.24, 2.45) is 11.8 Å². The van der Waals surface area contributed by atoms with Crippen LogP contribution in [0.25, 0.3) is 11.3 Å². The number of quaternary nitrogens is 1. The van der Waals surface area contributed by atoms with E-state index in [-0.39, 0.29) is 17.6 Å². The molecule has 3 aliphatic heterocycles. The van der Waals surface area contributed by atoms with Gasteiger partial charge in [0.05, 0.1) is 31.7 Å². The molecule has 0 radical (unpaired) electrons. The summed E-state index contributed by atoms with van der Waals surface area (Å²) in [6.07, 6.45) is 4.14. The molecule has 6 nitrogen and oxygen atoms in total. The van der Waals surface area contributed by atoms with E-state index in [0.717, 1.165) is 49.3 Å². The van der Waals surface area contributed by atoms with Crippen LogP contribution in [0.3, 0.4) is 0 Å². The van der Waals surface area contributed by atoms with Crippen molar-refractivity contribution in [2.75, 3.05) is 13.1 Å². The fraction of sp³-hybridized carbons (Fsp3) is 0.375. The number of fused-ring (bicyclic) bond motifs is 3. The van der Waals surface area contributed by atoms with Crippen LogP contribution in [0.15, 0.2) is 60.8 Å². The molecular formula is C24H27FN5O+. The highest BCUT2D eigenvalue weighted by molar-refractivity contribution is 5.79. The van der Waals surface area contributed by atoms with E-state index in [4.69, 9.17) is 0 Å². The molecular weight excluding hydrogens is 393 g/mol. The Morgan fingerprint density at radius 1 is 1.16 bits per heavy atom. The second kappa shape index (κ2) is 8.59. The van der Waals surface area contributed by atoms with Crippen LogP contribution in [0.2, 0.25) is 0 Å². The molecule has 0 aliphatic carbocycles. The van der Waals surface area contributed by atoms with Crippen molar-refractivity contribution in [3.63, 3.8) is 0 Å². The van der Waals surface area contributed by atoms with Crippen molar-refractivity contribution in [3.05, 3.63) is 72.2 Å². The lowest BCUT2D eigenvalue weighted by atomic mass is 9.75. The minimum absolute atomic E-state index is 0.0519. The second-order valence-electron chi connectivity index (χ2n) is 8.74. The Bertz CT molecular complexity index is 1040. The van der Waals surface area contributed by atoms with E-state index in [1.165, 1.54) is 17.0 Å². The van der Waals surface area contributed by atoms with Crippen LogP contribution in [0.5, 0.6) is 0 Å². The molecule has 4 atom stereocenters. The van der Waals surface area contributed by atoms with Gasteiger partial charge in [-0.05, 0) is 23.6 Å². The predicted molar refractivity (Wildman–Crippen MR) is 114 cm³/mol. The van der Waals surface area contributed by atoms with Gasteiger partial charge < -0.3 is 10.2 Å². The van der Waals surface area contributed by atoms with Crippen LogP contribution < -0.4 is 10.2 Å². The van der Waals surface area contributed by atoms with E-state index < -0.39 is 0 Å². The molecule has 1 amide bonds. The SMILES string of the molecule is O=C(NCc1ccc(F)cc1)[C@H]1C[NH+]2CC[C@H]1C[C@@H]2Cn1cc(-c2ccccc2)nn1. The molecule has 0 spiro atoms. The van der Waals surface area contributed by atoms with Gasteiger partial charge in [0.1, 0.15) is 17.6 Å². The number of benzene rings is 2. The fourth-order valence-corrected chi connectivity index (χ4v) is 5.10. The van der Waals surface area contributed by atoms with Gasteiger partial charge in [-0.15, -0.1) is 5.10 Å². The number of carbonyl (C=O) groups is 1. The van der Waals surface area contributed by atoms with Gasteiger partial charge >= 0.3 is 0 Å². The van der Waals surface area contributed by atoms with Gasteiger partial charge in [-0.25, -0.2) is 9.07 Å². The topological polar surface area (TPSA) is 64.2 Å². The van der Waals surface area contributed by atoms with Gasteiger partial charge in [0.15, 0.2) is 0 Å². The maximum absolute atomic E-state index is 13.1. The van der Waals surface area contributed by atoms with Gasteiger partial charge in [0.2, 0.25) is 5.91 Å². The third-order valence-electron chi connectivity index (χ3n) is 6.78. The zero-order valence-corrected chi connectivity index (χ0v) is 17.4. The molecule has 2 aromatic carbocycles. The lowest BCUT2D eigenvalue weighted by Gasteiger charge is -2.46. The van der Waals surface area contributed by atoms with Crippen LogP contribution in [-0.2, 0) is 17.9 Å². The van der Waals surface area contributed by atoms with Crippen LogP contribution >= 0.6 is 0 Å². The Balaban J connectivity index is 1.18. The molecule has 4 heterocycles. The number of aromatic nitrogens is 3. The number of halogens is 1. The molecule has 31 heavy (non-hydrogen) atoms. The van der Waals surface area contributed by atoms with Gasteiger partial charge in [-0.3, -0.25) is 4.79 Å². The average molecular weight is 421 g/mol. The zero-order valence-electron chi connectivity index (χ0n) is 17.4. The van der Waals surface area contributed by atoms with Crippen molar-refractivity contribution >= 4 is 5.91 Å². The number of hydrogen-bond donors (Lipinski definition) is 2. The maximum atomic E-state index is 13.1. The number of nitrogens with zero attached hydrogens (tertiary/aromatic N) is 3. The Morgan fingerprint density at radius 2 is 1.97 bits per heavy atom. The Labute approximate surface area is 181 Å². The summed E-state index contributed by atoms with van der Waals surface area (Å²) in [6, 6.07) is 16.8. The van der Waals surface area contributed by atoms with Gasteiger partial charge in [-0.2, -0.15) is 0 Å². The molecule has 3 fully saturated rings. The van der Waals surface area contributed by atoms with E-state index in [2.05, 4.69) is 15.6 Å². The summed E-state index contributed by atoms with van der Waals surface area (Å²) >= 11 is 0. The summed E-state index contributed by atoms with van der Waals surface area (Å²) in [5, 5.41) is 11.7. The smallest absolute Gasteiger partial charge is 0.229 e. The normalized spacial score (nSPS) is 24.8. The summed E-state index contributed by atoms with van der Waals surface area (Å²) in [5.41, 5.74) is 2.88. The quantitative estimate of drug-likeness (QED) is 0.638. The van der Waals surface area contributed by atoms with E-state index in [1.807, 2.05) is 41.2 Å². The Morgan fingerprint density at radius 3 is 2.71 bits per heavy atom. The standard InChI is InChI=1S/C24H26FN5O/c25-20-8-6-17(7-9-20)13-26-24(31)22-15-29-11-10-19(22)12-21(29)14-30-16-23(27-28-30)18-4-2-1-3-5-18/h1-9,16,19,21-22H,10-15H2,(H,26,31)/p+1/t19-,21+,22-/m0/s1. The van der Waals surface area contributed by atoms with Crippen LogP contribution in [0.4, 0.5) is 4.39 Å². The Hall–Kier alpha value is -3.06. The zero-order chi connectivity index (χ0) is 21.2. The number of nitrogens with one attached hydrogen (secondary N) is 2. The molecule has 7 heteroatoms. The molecule has 2 N–H and O–H groups in total. The van der Waals surface area contributed by atoms with Crippen LogP contribution in [0.1, 0.15) is 18.4 Å². The summed E-state index contributed by atoms with van der Waals surface area (Å²) in [4.78, 5) is 14.3. The van der Waals surface area contributed by atoms with Crippen molar-refractivity contribution in [2.45, 2.75) is 32.0 Å². The number of amides is 1. The Kier molecular flexibility index (Phi) is 5.51. The highest BCUT2D eigenvalue weighted by Gasteiger charge is 2.46. The van der Waals surface area contributed by atoms with Gasteiger partial charge in [0, 0.05) is 24.9 Å². The minimum atomic E-state index is -0.259. The molecule has 3 aromatic rings. The van der Waals surface area contributed by atoms with Crippen molar-refractivity contribution in [3.8, 4) is 11.3 Å². The maximum Gasteiger partial charge on any atom is 0.229 e. The number of rotatable bonds is 6. The molecule has 1 unspecified atom stereocenters. The van der Waals surface area contributed by atoms with Crippen molar-refractivity contribution in [1.82, 2.24) is 20.3 Å². The first-order valence-corrected chi connectivity index (χ1v) is 11.0. The number of carbonyl (C=O) groups excluding carboxylic acids is 1. The lowest BCUT2D eigenvalue weighted by Crippen LogP contribution is -3.20. The predicted octanol–water partition coefficient (Wildman–Crippen LogP) is 1.69. The third kappa shape index (κ3) is 4.37. The summed E-state index contributed by atoms with van der Waals surface area (Å²) in [6.45, 7) is 3.25. The molecule has 3 aliphatic rings. The first kappa shape index (κ1) is 19.9. The molecule has 6 rings (SSSR count). The third-order valence-corrected chi connectivity index (χ3v) is 6.78. The summed E-state index contributed by atoms with van der Waals surface area (Å²) in [7, 11) is 0. The van der Waals surface area contributed by atoms with E-state index in [0.29, 0.717) is 18.5 Å². The van der Waals surface area contributed by atoms with Gasteiger partial charge in [-0.1, -0.05) is 47.7 Å². The molecule has 2 bridgehead atoms. The highest BCUT2D eigenvalue weighted by Crippen LogP contribution is 2.28. The van der Waals surface area contributed by atoms with Gasteiger partial charge in [0.25, 0.3) is 0 Å². The van der Waals surface area contributed by atoms with Crippen molar-refractivity contribution in [1.29, 1.82) is 0 Å². The van der Waals surface area contributed by atoms with E-state index in [1.54, 1.807) is 12.1 Å². The summed E-state index contributed by atoms with van der Waals surface area (Å²) < 4.78 is 15.0. The first-order valence-electron chi connectivity index (χ1n) is 11.0. The second-order valence-corrected chi connectivity index (χ2v) is 8.74. The van der Waals surface area contributed by atoms with Crippen LogP contribution in [0, 0.1) is 17.7 Å². The molecule has 1 aromatic heterocycles. The lowest BCUT2D eigenvalue weighted by molar-refractivity contribution is -0.945. The van der Waals surface area contributed by atoms with E-state index >= 15 is 0 Å². The molecule has 160 valence electrons. The average Bonchev–Trinajstić information content (AvgIpc) is 3.28. The monoisotopic (exact) mass is 420 g/mol. The number of piperidine rings is 3. The number of hydrogen-bond acceptors (Lipinski definition) is 3. The molecule has 0 saturated carbocycles. The highest BCUT2D eigenvalue weighted by atomic mass is 19.1.